The van der Waals surface area contributed by atoms with Gasteiger partial charge in [0.1, 0.15) is 5.75 Å². The molecule has 6 heteroatoms. The van der Waals surface area contributed by atoms with E-state index in [4.69, 9.17) is 10.0 Å². The van der Waals surface area contributed by atoms with Gasteiger partial charge in [-0.1, -0.05) is 0 Å². The van der Waals surface area contributed by atoms with E-state index < -0.39 is 7.12 Å². The van der Waals surface area contributed by atoms with Crippen LogP contribution in [0.15, 0.2) is 24.3 Å². The SMILES string of the molecule is CC(=O)n1c(B(O)O)cc2ccc(O)cc21. The van der Waals surface area contributed by atoms with Gasteiger partial charge >= 0.3 is 7.12 Å². The van der Waals surface area contributed by atoms with E-state index in [-0.39, 0.29) is 17.2 Å². The van der Waals surface area contributed by atoms with Crippen LogP contribution >= 0.6 is 0 Å². The molecule has 1 heterocycles. The summed E-state index contributed by atoms with van der Waals surface area (Å²) in [5.74, 6) is -0.323. The maximum absolute atomic E-state index is 11.4. The van der Waals surface area contributed by atoms with E-state index in [1.54, 1.807) is 6.07 Å². The van der Waals surface area contributed by atoms with Gasteiger partial charge in [-0.2, -0.15) is 0 Å². The highest BCUT2D eigenvalue weighted by molar-refractivity contribution is 6.59. The molecule has 2 rings (SSSR count). The summed E-state index contributed by atoms with van der Waals surface area (Å²) in [6.45, 7) is 1.31. The molecule has 16 heavy (non-hydrogen) atoms. The van der Waals surface area contributed by atoms with Crippen LogP contribution < -0.4 is 5.59 Å². The van der Waals surface area contributed by atoms with Crippen LogP contribution in [0.4, 0.5) is 0 Å². The van der Waals surface area contributed by atoms with Crippen LogP contribution in [0.1, 0.15) is 11.7 Å². The zero-order valence-corrected chi connectivity index (χ0v) is 8.58. The molecule has 0 spiro atoms. The smallest absolute Gasteiger partial charge is 0.506 e. The molecule has 0 saturated carbocycles. The van der Waals surface area contributed by atoms with Crippen LogP contribution in [-0.4, -0.2) is 32.7 Å². The van der Waals surface area contributed by atoms with Gasteiger partial charge in [0.05, 0.1) is 11.1 Å². The van der Waals surface area contributed by atoms with Gasteiger partial charge in [-0.15, -0.1) is 0 Å². The second kappa shape index (κ2) is 3.66. The first-order valence-electron chi connectivity index (χ1n) is 4.72. The Bertz CT molecular complexity index is 561. The molecule has 0 fully saturated rings. The van der Waals surface area contributed by atoms with E-state index in [0.29, 0.717) is 10.9 Å². The van der Waals surface area contributed by atoms with Crippen LogP contribution in [-0.2, 0) is 0 Å². The predicted molar refractivity (Wildman–Crippen MR) is 59.7 cm³/mol. The third-order valence-corrected chi connectivity index (χ3v) is 2.40. The van der Waals surface area contributed by atoms with Gasteiger partial charge < -0.3 is 15.2 Å². The van der Waals surface area contributed by atoms with Gasteiger partial charge in [0.25, 0.3) is 0 Å². The Balaban J connectivity index is 2.82. The van der Waals surface area contributed by atoms with E-state index in [1.807, 2.05) is 0 Å². The van der Waals surface area contributed by atoms with Crippen molar-refractivity contribution < 1.29 is 19.9 Å². The minimum Gasteiger partial charge on any atom is -0.508 e. The number of carbonyl (C=O) groups excluding carboxylic acids is 1. The van der Waals surface area contributed by atoms with Crippen LogP contribution in [0, 0.1) is 0 Å². The first-order chi connectivity index (χ1) is 7.50. The number of carbonyl (C=O) groups is 1. The van der Waals surface area contributed by atoms with Crippen molar-refractivity contribution in [2.75, 3.05) is 0 Å². The molecular formula is C10H10BNO4. The molecular weight excluding hydrogens is 209 g/mol. The third-order valence-electron chi connectivity index (χ3n) is 2.40. The van der Waals surface area contributed by atoms with Crippen molar-refractivity contribution in [3.05, 3.63) is 24.3 Å². The van der Waals surface area contributed by atoms with Crippen LogP contribution in [0.5, 0.6) is 5.75 Å². The minimum atomic E-state index is -1.72. The minimum absolute atomic E-state index is 0.0204. The fraction of sp³-hybridized carbons (Fsp3) is 0.100. The summed E-state index contributed by atoms with van der Waals surface area (Å²) in [5, 5.41) is 28.3. The number of fused-ring (bicyclic) bond motifs is 1. The largest absolute Gasteiger partial charge is 0.508 e. The number of phenols is 1. The molecule has 3 N–H and O–H groups in total. The summed E-state index contributed by atoms with van der Waals surface area (Å²) in [7, 11) is -1.72. The summed E-state index contributed by atoms with van der Waals surface area (Å²) in [4.78, 5) is 11.4. The number of phenolic OH excluding ortho intramolecular Hbond substituents is 1. The van der Waals surface area contributed by atoms with Gasteiger partial charge in [0.15, 0.2) is 0 Å². The Morgan fingerprint density at radius 2 is 2.00 bits per heavy atom. The van der Waals surface area contributed by atoms with Gasteiger partial charge in [0.2, 0.25) is 5.91 Å². The van der Waals surface area contributed by atoms with E-state index in [9.17, 15) is 9.90 Å². The molecule has 0 bridgehead atoms. The Kier molecular flexibility index (Phi) is 2.45. The molecule has 0 atom stereocenters. The zero-order valence-electron chi connectivity index (χ0n) is 8.58. The van der Waals surface area contributed by atoms with Crippen molar-refractivity contribution in [1.29, 1.82) is 0 Å². The summed E-state index contributed by atoms with van der Waals surface area (Å²) in [6, 6.07) is 5.99. The second-order valence-electron chi connectivity index (χ2n) is 3.54. The molecule has 0 amide bonds. The van der Waals surface area contributed by atoms with Crippen molar-refractivity contribution >= 4 is 29.5 Å². The molecule has 0 radical (unpaired) electrons. The maximum atomic E-state index is 11.4. The maximum Gasteiger partial charge on any atom is 0.506 e. The lowest BCUT2D eigenvalue weighted by atomic mass is 9.86. The Morgan fingerprint density at radius 1 is 1.31 bits per heavy atom. The van der Waals surface area contributed by atoms with Crippen LogP contribution in [0.25, 0.3) is 10.9 Å². The van der Waals surface area contributed by atoms with Crippen molar-refractivity contribution in [3.63, 3.8) is 0 Å². The van der Waals surface area contributed by atoms with Gasteiger partial charge in [0, 0.05) is 13.0 Å². The van der Waals surface area contributed by atoms with E-state index >= 15 is 0 Å². The second-order valence-corrected chi connectivity index (χ2v) is 3.54. The number of hydrogen-bond donors (Lipinski definition) is 3. The molecule has 0 saturated heterocycles. The highest BCUT2D eigenvalue weighted by Crippen LogP contribution is 2.20. The van der Waals surface area contributed by atoms with E-state index in [0.717, 1.165) is 0 Å². The topological polar surface area (TPSA) is 82.7 Å². The number of aromatic nitrogens is 1. The number of hydrogen-bond acceptors (Lipinski definition) is 4. The Labute approximate surface area is 91.7 Å². The fourth-order valence-electron chi connectivity index (χ4n) is 1.75. The van der Waals surface area contributed by atoms with Crippen molar-refractivity contribution in [2.24, 2.45) is 0 Å². The third kappa shape index (κ3) is 1.58. The molecule has 0 aliphatic rings. The van der Waals surface area contributed by atoms with Crippen molar-refractivity contribution in [3.8, 4) is 5.75 Å². The normalized spacial score (nSPS) is 10.7. The van der Waals surface area contributed by atoms with Crippen molar-refractivity contribution in [1.82, 2.24) is 4.57 Å². The van der Waals surface area contributed by atoms with E-state index in [2.05, 4.69) is 0 Å². The van der Waals surface area contributed by atoms with Gasteiger partial charge in [-0.3, -0.25) is 9.36 Å². The Morgan fingerprint density at radius 3 is 2.56 bits per heavy atom. The summed E-state index contributed by atoms with van der Waals surface area (Å²) in [5.41, 5.74) is 0.545. The summed E-state index contributed by atoms with van der Waals surface area (Å²) < 4.78 is 1.17. The molecule has 0 aliphatic carbocycles. The lowest BCUT2D eigenvalue weighted by Crippen LogP contribution is -2.38. The monoisotopic (exact) mass is 219 g/mol. The number of aromatic hydroxyl groups is 1. The van der Waals surface area contributed by atoms with Crippen LogP contribution in [0.3, 0.4) is 0 Å². The number of benzene rings is 1. The van der Waals surface area contributed by atoms with Gasteiger partial charge in [-0.25, -0.2) is 0 Å². The first kappa shape index (κ1) is 10.7. The quantitative estimate of drug-likeness (QED) is 0.574. The summed E-state index contributed by atoms with van der Waals surface area (Å²) >= 11 is 0. The lowest BCUT2D eigenvalue weighted by molar-refractivity contribution is 0.0943. The molecule has 1 aromatic heterocycles. The zero-order chi connectivity index (χ0) is 11.9. The molecule has 5 nitrogen and oxygen atoms in total. The summed E-state index contributed by atoms with van der Waals surface area (Å²) in [6.07, 6.45) is 0. The lowest BCUT2D eigenvalue weighted by Gasteiger charge is -2.05. The molecule has 1 aromatic carbocycles. The molecule has 82 valence electrons. The van der Waals surface area contributed by atoms with Gasteiger partial charge in [-0.05, 0) is 23.6 Å². The molecule has 0 unspecified atom stereocenters. The fourth-order valence-corrected chi connectivity index (χ4v) is 1.75. The average molecular weight is 219 g/mol. The molecule has 0 aliphatic heterocycles. The highest BCUT2D eigenvalue weighted by atomic mass is 16.4. The number of rotatable bonds is 1. The highest BCUT2D eigenvalue weighted by Gasteiger charge is 2.21. The average Bonchev–Trinajstić information content (AvgIpc) is 2.55. The van der Waals surface area contributed by atoms with E-state index in [1.165, 1.54) is 29.7 Å². The molecule has 2 aromatic rings. The first-order valence-corrected chi connectivity index (χ1v) is 4.72. The van der Waals surface area contributed by atoms with Crippen molar-refractivity contribution in [2.45, 2.75) is 6.92 Å². The standard InChI is InChI=1S/C10H10BNO4/c1-6(13)12-9-5-8(14)3-2-7(9)4-10(12)11(15)16/h2-5,14-16H,1H3. The predicted octanol–water partition coefficient (Wildman–Crippen LogP) is -0.313. The number of nitrogens with zero attached hydrogens (tertiary/aromatic N) is 1. The Hall–Kier alpha value is -1.79. The van der Waals surface area contributed by atoms with Crippen LogP contribution in [0.2, 0.25) is 0 Å².